The fraction of sp³-hybridized carbons (Fsp3) is 0.312. The second kappa shape index (κ2) is 5.80. The van der Waals surface area contributed by atoms with E-state index in [1.165, 1.54) is 12.2 Å². The van der Waals surface area contributed by atoms with Gasteiger partial charge >= 0.3 is 11.9 Å². The number of carboxylic acids is 2. The fourth-order valence-corrected chi connectivity index (χ4v) is 2.80. The fourth-order valence-electron chi connectivity index (χ4n) is 2.80. The van der Waals surface area contributed by atoms with Gasteiger partial charge < -0.3 is 10.2 Å². The number of hydrogen-bond donors (Lipinski definition) is 2. The lowest BCUT2D eigenvalue weighted by atomic mass is 9.68. The van der Waals surface area contributed by atoms with Crippen molar-refractivity contribution in [3.8, 4) is 6.07 Å². The maximum absolute atomic E-state index is 11.8. The Labute approximate surface area is 122 Å². The molecule has 2 N–H and O–H groups in total. The van der Waals surface area contributed by atoms with Gasteiger partial charge in [0.2, 0.25) is 0 Å². The molecule has 0 heterocycles. The van der Waals surface area contributed by atoms with E-state index in [0.717, 1.165) is 0 Å². The Morgan fingerprint density at radius 1 is 1.29 bits per heavy atom. The summed E-state index contributed by atoms with van der Waals surface area (Å²) >= 11 is 0. The van der Waals surface area contributed by atoms with E-state index in [0.29, 0.717) is 17.5 Å². The molecule has 2 atom stereocenters. The first kappa shape index (κ1) is 14.8. The van der Waals surface area contributed by atoms with Crippen LogP contribution in [0.5, 0.6) is 0 Å². The van der Waals surface area contributed by atoms with Gasteiger partial charge in [-0.2, -0.15) is 5.26 Å². The minimum absolute atomic E-state index is 0.271. The monoisotopic (exact) mass is 285 g/mol. The van der Waals surface area contributed by atoms with Gasteiger partial charge in [0.25, 0.3) is 0 Å². The summed E-state index contributed by atoms with van der Waals surface area (Å²) in [4.78, 5) is 23.1. The number of carboxylic acid groups (broad SMARTS) is 2. The molecule has 1 aromatic rings. The van der Waals surface area contributed by atoms with Gasteiger partial charge in [-0.15, -0.1) is 0 Å². The Morgan fingerprint density at radius 2 is 2.00 bits per heavy atom. The number of unbranched alkanes of at least 4 members (excludes halogenated alkanes) is 1. The SMILES string of the molecule is N#CCCC[C@]1(C(=O)O)C=C[C@@H](C(=O)O)c2ccccc21. The summed E-state index contributed by atoms with van der Waals surface area (Å²) in [6, 6.07) is 8.73. The maximum atomic E-state index is 11.8. The van der Waals surface area contributed by atoms with Crippen molar-refractivity contribution in [1.82, 2.24) is 0 Å². The third-order valence-corrected chi connectivity index (χ3v) is 3.86. The topological polar surface area (TPSA) is 98.4 Å². The van der Waals surface area contributed by atoms with Gasteiger partial charge in [-0.3, -0.25) is 9.59 Å². The third kappa shape index (κ3) is 2.52. The first-order valence-electron chi connectivity index (χ1n) is 6.65. The van der Waals surface area contributed by atoms with Crippen molar-refractivity contribution in [1.29, 1.82) is 5.26 Å². The van der Waals surface area contributed by atoms with Gasteiger partial charge in [0.05, 0.1) is 6.07 Å². The quantitative estimate of drug-likeness (QED) is 0.639. The van der Waals surface area contributed by atoms with E-state index >= 15 is 0 Å². The summed E-state index contributed by atoms with van der Waals surface area (Å²) in [5, 5.41) is 27.6. The molecule has 0 aliphatic heterocycles. The van der Waals surface area contributed by atoms with Gasteiger partial charge in [0.15, 0.2) is 0 Å². The number of hydrogen-bond acceptors (Lipinski definition) is 3. The van der Waals surface area contributed by atoms with Crippen LogP contribution >= 0.6 is 0 Å². The molecule has 1 aliphatic rings. The Kier molecular flexibility index (Phi) is 4.08. The second-order valence-corrected chi connectivity index (χ2v) is 5.05. The van der Waals surface area contributed by atoms with Crippen LogP contribution in [0, 0.1) is 11.3 Å². The Balaban J connectivity index is 2.53. The average Bonchev–Trinajstić information content (AvgIpc) is 2.47. The molecule has 1 aromatic carbocycles. The largest absolute Gasteiger partial charge is 0.481 e. The lowest BCUT2D eigenvalue weighted by molar-refractivity contribution is -0.143. The Hall–Kier alpha value is -2.61. The van der Waals surface area contributed by atoms with E-state index in [4.69, 9.17) is 5.26 Å². The number of carbonyl (C=O) groups is 2. The van der Waals surface area contributed by atoms with Crippen molar-refractivity contribution in [3.05, 3.63) is 47.5 Å². The Morgan fingerprint density at radius 3 is 2.62 bits per heavy atom. The first-order chi connectivity index (χ1) is 10.0. The molecule has 0 spiro atoms. The van der Waals surface area contributed by atoms with Crippen LogP contribution in [0.15, 0.2) is 36.4 Å². The van der Waals surface area contributed by atoms with Gasteiger partial charge in [-0.1, -0.05) is 36.4 Å². The molecule has 5 nitrogen and oxygen atoms in total. The highest BCUT2D eigenvalue weighted by Gasteiger charge is 2.43. The molecule has 5 heteroatoms. The molecule has 0 amide bonds. The van der Waals surface area contributed by atoms with E-state index in [2.05, 4.69) is 0 Å². The number of benzene rings is 1. The predicted octanol–water partition coefficient (Wildman–Crippen LogP) is 2.44. The van der Waals surface area contributed by atoms with Gasteiger partial charge in [-0.25, -0.2) is 0 Å². The standard InChI is InChI=1S/C16H15NO4/c17-10-4-3-8-16(15(20)21)9-7-12(14(18)19)11-5-1-2-6-13(11)16/h1-2,5-7,9,12H,3-4,8H2,(H,18,19)(H,20,21)/t12-,16+/m1/s1. The van der Waals surface area contributed by atoms with Crippen LogP contribution in [-0.2, 0) is 15.0 Å². The van der Waals surface area contributed by atoms with Crippen molar-refractivity contribution < 1.29 is 19.8 Å². The van der Waals surface area contributed by atoms with Crippen molar-refractivity contribution in [3.63, 3.8) is 0 Å². The zero-order valence-electron chi connectivity index (χ0n) is 11.3. The normalized spacial score (nSPS) is 23.1. The summed E-state index contributed by atoms with van der Waals surface area (Å²) in [6.45, 7) is 0. The summed E-state index contributed by atoms with van der Waals surface area (Å²) in [7, 11) is 0. The smallest absolute Gasteiger partial charge is 0.318 e. The van der Waals surface area contributed by atoms with E-state index < -0.39 is 23.3 Å². The zero-order valence-corrected chi connectivity index (χ0v) is 11.3. The number of nitriles is 1. The van der Waals surface area contributed by atoms with Crippen molar-refractivity contribution in [2.75, 3.05) is 0 Å². The first-order valence-corrected chi connectivity index (χ1v) is 6.65. The van der Waals surface area contributed by atoms with Crippen LogP contribution < -0.4 is 0 Å². The number of rotatable bonds is 5. The molecule has 0 bridgehead atoms. The highest BCUT2D eigenvalue weighted by atomic mass is 16.4. The van der Waals surface area contributed by atoms with Crippen molar-refractivity contribution in [2.45, 2.75) is 30.6 Å². The molecular formula is C16H15NO4. The van der Waals surface area contributed by atoms with Crippen LogP contribution in [0.25, 0.3) is 0 Å². The molecule has 0 fully saturated rings. The molecule has 0 saturated carbocycles. The third-order valence-electron chi connectivity index (χ3n) is 3.86. The molecule has 0 saturated heterocycles. The van der Waals surface area contributed by atoms with Gasteiger partial charge in [0, 0.05) is 6.42 Å². The highest BCUT2D eigenvalue weighted by molar-refractivity contribution is 5.89. The zero-order chi connectivity index (χ0) is 15.5. The van der Waals surface area contributed by atoms with Crippen molar-refractivity contribution >= 4 is 11.9 Å². The molecule has 1 aliphatic carbocycles. The van der Waals surface area contributed by atoms with Gasteiger partial charge in [-0.05, 0) is 24.0 Å². The molecule has 2 rings (SSSR count). The van der Waals surface area contributed by atoms with Crippen LogP contribution in [0.2, 0.25) is 0 Å². The summed E-state index contributed by atoms with van der Waals surface area (Å²) in [6.07, 6.45) is 3.89. The summed E-state index contributed by atoms with van der Waals surface area (Å²) < 4.78 is 0. The van der Waals surface area contributed by atoms with E-state index in [-0.39, 0.29) is 12.8 Å². The molecule has 21 heavy (non-hydrogen) atoms. The predicted molar refractivity (Wildman–Crippen MR) is 74.7 cm³/mol. The summed E-state index contributed by atoms with van der Waals surface area (Å²) in [5.41, 5.74) is -0.239. The van der Waals surface area contributed by atoms with Crippen LogP contribution in [0.4, 0.5) is 0 Å². The number of nitrogens with zero attached hydrogens (tertiary/aromatic N) is 1. The summed E-state index contributed by atoms with van der Waals surface area (Å²) in [5.74, 6) is -2.85. The molecule has 0 radical (unpaired) electrons. The second-order valence-electron chi connectivity index (χ2n) is 5.05. The van der Waals surface area contributed by atoms with E-state index in [1.54, 1.807) is 24.3 Å². The minimum Gasteiger partial charge on any atom is -0.481 e. The molecular weight excluding hydrogens is 270 g/mol. The van der Waals surface area contributed by atoms with Gasteiger partial charge in [0.1, 0.15) is 11.3 Å². The molecule has 0 unspecified atom stereocenters. The van der Waals surface area contributed by atoms with E-state index in [9.17, 15) is 19.8 Å². The Bertz CT molecular complexity index is 644. The van der Waals surface area contributed by atoms with Crippen LogP contribution in [0.1, 0.15) is 36.3 Å². The number of fused-ring (bicyclic) bond motifs is 1. The van der Waals surface area contributed by atoms with Crippen LogP contribution in [-0.4, -0.2) is 22.2 Å². The minimum atomic E-state index is -1.25. The van der Waals surface area contributed by atoms with E-state index in [1.807, 2.05) is 6.07 Å². The highest BCUT2D eigenvalue weighted by Crippen LogP contribution is 2.41. The van der Waals surface area contributed by atoms with Crippen molar-refractivity contribution in [2.24, 2.45) is 0 Å². The average molecular weight is 285 g/mol. The molecule has 108 valence electrons. The van der Waals surface area contributed by atoms with Crippen LogP contribution in [0.3, 0.4) is 0 Å². The maximum Gasteiger partial charge on any atom is 0.318 e. The molecule has 0 aromatic heterocycles. The lowest BCUT2D eigenvalue weighted by Crippen LogP contribution is -2.38. The lowest BCUT2D eigenvalue weighted by Gasteiger charge is -2.33. The number of aliphatic carboxylic acids is 2.